The molecule has 1 heterocycles. The Kier molecular flexibility index (Phi) is 7.96. The van der Waals surface area contributed by atoms with Crippen molar-refractivity contribution in [3.63, 3.8) is 0 Å². The molecule has 2 rings (SSSR count). The van der Waals surface area contributed by atoms with Crippen LogP contribution in [0, 0.1) is 11.3 Å². The van der Waals surface area contributed by atoms with Gasteiger partial charge in [-0.1, -0.05) is 27.7 Å². The third kappa shape index (κ3) is 5.79. The van der Waals surface area contributed by atoms with Gasteiger partial charge in [-0.3, -0.25) is 4.79 Å². The summed E-state index contributed by atoms with van der Waals surface area (Å²) in [5.74, 6) is -0.547. The lowest BCUT2D eigenvalue weighted by Crippen LogP contribution is -2.17. The highest BCUT2D eigenvalue weighted by Gasteiger charge is 2.28. The monoisotopic (exact) mass is 478 g/mol. The van der Waals surface area contributed by atoms with Crippen molar-refractivity contribution in [1.82, 2.24) is 4.98 Å². The van der Waals surface area contributed by atoms with Crippen molar-refractivity contribution >= 4 is 27.2 Å². The molecule has 0 aliphatic carbocycles. The summed E-state index contributed by atoms with van der Waals surface area (Å²) in [5, 5.41) is 35.1. The molecule has 8 nitrogen and oxygen atoms in total. The minimum absolute atomic E-state index is 0.0613. The first-order chi connectivity index (χ1) is 14.7. The van der Waals surface area contributed by atoms with Crippen LogP contribution in [0.1, 0.15) is 86.2 Å². The van der Waals surface area contributed by atoms with Crippen LogP contribution in [0.15, 0.2) is 20.8 Å². The van der Waals surface area contributed by atoms with E-state index in [4.69, 9.17) is 5.14 Å². The highest BCUT2D eigenvalue weighted by Crippen LogP contribution is 2.33. The molecule has 1 aromatic carbocycles. The Hall–Kier alpha value is -2.16. The highest BCUT2D eigenvalue weighted by molar-refractivity contribution is 7.93. The molecule has 0 saturated heterocycles. The van der Waals surface area contributed by atoms with Crippen molar-refractivity contribution in [1.29, 1.82) is 5.26 Å². The van der Waals surface area contributed by atoms with Gasteiger partial charge >= 0.3 is 0 Å². The van der Waals surface area contributed by atoms with Crippen LogP contribution in [0.3, 0.4) is 0 Å². The Morgan fingerprint density at radius 1 is 1.28 bits per heavy atom. The summed E-state index contributed by atoms with van der Waals surface area (Å²) in [6.07, 6.45) is -0.114. The lowest BCUT2D eigenvalue weighted by molar-refractivity contribution is -0.117. The SMILES string of the molecule is CC(C)c1cc(C#N)cc(C(C)C)c1CC(=O)N=[S@](N)(=O)c1nc(CO)c(C(C)(C)O)s1. The molecule has 32 heavy (non-hydrogen) atoms. The number of nitrogens with two attached hydrogens (primary N) is 1. The summed E-state index contributed by atoms with van der Waals surface area (Å²) in [6.45, 7) is 10.4. The van der Waals surface area contributed by atoms with Crippen molar-refractivity contribution in [3.8, 4) is 6.07 Å². The second kappa shape index (κ2) is 9.77. The van der Waals surface area contributed by atoms with Gasteiger partial charge in [0.2, 0.25) is 4.34 Å². The fourth-order valence-corrected chi connectivity index (χ4v) is 5.76. The van der Waals surface area contributed by atoms with Crippen molar-refractivity contribution in [3.05, 3.63) is 45.0 Å². The summed E-state index contributed by atoms with van der Waals surface area (Å²) in [4.78, 5) is 17.2. The van der Waals surface area contributed by atoms with Crippen molar-refractivity contribution in [2.75, 3.05) is 0 Å². The van der Waals surface area contributed by atoms with Crippen LogP contribution in [0.5, 0.6) is 0 Å². The van der Waals surface area contributed by atoms with Gasteiger partial charge < -0.3 is 10.2 Å². The summed E-state index contributed by atoms with van der Waals surface area (Å²) in [6, 6.07) is 5.69. The predicted molar refractivity (Wildman–Crippen MR) is 124 cm³/mol. The van der Waals surface area contributed by atoms with E-state index in [1.165, 1.54) is 13.8 Å². The van der Waals surface area contributed by atoms with Crippen molar-refractivity contribution in [2.24, 2.45) is 9.50 Å². The fourth-order valence-electron chi connectivity index (χ4n) is 3.43. The van der Waals surface area contributed by atoms with E-state index in [0.29, 0.717) is 10.4 Å². The first kappa shape index (κ1) is 26.1. The Bertz CT molecular complexity index is 1150. The molecule has 1 amide bonds. The number of aliphatic hydroxyl groups is 2. The molecule has 174 valence electrons. The van der Waals surface area contributed by atoms with E-state index in [1.807, 2.05) is 27.7 Å². The minimum Gasteiger partial charge on any atom is -0.390 e. The second-order valence-corrected chi connectivity index (χ2v) is 11.7. The minimum atomic E-state index is -3.67. The van der Waals surface area contributed by atoms with Crippen molar-refractivity contribution < 1.29 is 19.2 Å². The Balaban J connectivity index is 2.53. The van der Waals surface area contributed by atoms with Crippen LogP contribution in [0.25, 0.3) is 0 Å². The van der Waals surface area contributed by atoms with Gasteiger partial charge in [-0.2, -0.15) is 5.26 Å². The predicted octanol–water partition coefficient (Wildman–Crippen LogP) is 3.45. The lowest BCUT2D eigenvalue weighted by atomic mass is 9.85. The topological polar surface area (TPSA) is 150 Å². The molecule has 0 spiro atoms. The molecule has 0 aliphatic heterocycles. The van der Waals surface area contributed by atoms with Crippen LogP contribution in [-0.4, -0.2) is 25.3 Å². The Labute approximate surface area is 193 Å². The van der Waals surface area contributed by atoms with Crippen LogP contribution in [0.2, 0.25) is 0 Å². The van der Waals surface area contributed by atoms with Gasteiger partial charge in [-0.15, -0.1) is 15.7 Å². The number of aromatic nitrogens is 1. The molecule has 2 aromatic rings. The molecule has 0 unspecified atom stereocenters. The number of aliphatic hydroxyl groups excluding tert-OH is 1. The van der Waals surface area contributed by atoms with E-state index in [9.17, 15) is 24.5 Å². The van der Waals surface area contributed by atoms with Crippen LogP contribution in [0.4, 0.5) is 0 Å². The summed E-state index contributed by atoms with van der Waals surface area (Å²) < 4.78 is 16.7. The largest absolute Gasteiger partial charge is 0.390 e. The number of thiazole rings is 1. The zero-order valence-corrected chi connectivity index (χ0v) is 20.8. The maximum Gasteiger partial charge on any atom is 0.259 e. The number of carbonyl (C=O) groups is 1. The second-order valence-electron chi connectivity index (χ2n) is 8.76. The van der Waals surface area contributed by atoms with Gasteiger partial charge in [0.1, 0.15) is 0 Å². The van der Waals surface area contributed by atoms with Gasteiger partial charge in [-0.05, 0) is 54.5 Å². The number of nitrogens with zero attached hydrogens (tertiary/aromatic N) is 3. The number of nitriles is 1. The van der Waals surface area contributed by atoms with E-state index in [0.717, 1.165) is 28.0 Å². The maximum atomic E-state index is 13.1. The Morgan fingerprint density at radius 2 is 1.81 bits per heavy atom. The average molecular weight is 479 g/mol. The first-order valence-electron chi connectivity index (χ1n) is 10.2. The van der Waals surface area contributed by atoms with Gasteiger partial charge in [0.15, 0.2) is 9.92 Å². The van der Waals surface area contributed by atoms with Gasteiger partial charge in [0.05, 0.1) is 40.8 Å². The lowest BCUT2D eigenvalue weighted by Gasteiger charge is -2.19. The molecule has 0 radical (unpaired) electrons. The van der Waals surface area contributed by atoms with E-state index < -0.39 is 28.0 Å². The molecular formula is C22H30N4O4S2. The summed E-state index contributed by atoms with van der Waals surface area (Å²) in [5.41, 5.74) is 1.82. The Morgan fingerprint density at radius 3 is 2.19 bits per heavy atom. The fraction of sp³-hybridized carbons (Fsp3) is 0.500. The highest BCUT2D eigenvalue weighted by atomic mass is 32.2. The van der Waals surface area contributed by atoms with Gasteiger partial charge in [0.25, 0.3) is 5.91 Å². The van der Waals surface area contributed by atoms with Gasteiger partial charge in [0, 0.05) is 0 Å². The molecule has 0 bridgehead atoms. The number of hydrogen-bond acceptors (Lipinski definition) is 7. The van der Waals surface area contributed by atoms with Crippen LogP contribution < -0.4 is 5.14 Å². The van der Waals surface area contributed by atoms with E-state index in [2.05, 4.69) is 15.4 Å². The number of carbonyl (C=O) groups excluding carboxylic acids is 1. The number of rotatable bonds is 7. The molecule has 0 saturated carbocycles. The molecule has 4 N–H and O–H groups in total. The molecule has 1 atom stereocenters. The molecule has 10 heteroatoms. The van der Waals surface area contributed by atoms with Gasteiger partial charge in [-0.25, -0.2) is 14.3 Å². The van der Waals surface area contributed by atoms with Crippen molar-refractivity contribution in [2.45, 2.75) is 76.3 Å². The van der Waals surface area contributed by atoms with E-state index >= 15 is 0 Å². The number of hydrogen-bond donors (Lipinski definition) is 3. The van der Waals surface area contributed by atoms with Crippen LogP contribution >= 0.6 is 11.3 Å². The zero-order chi connectivity index (χ0) is 24.4. The van der Waals surface area contributed by atoms with Crippen LogP contribution in [-0.2, 0) is 33.3 Å². The normalized spacial score (nSPS) is 13.8. The first-order valence-corrected chi connectivity index (χ1v) is 12.6. The van der Waals surface area contributed by atoms with E-state index in [-0.39, 0.29) is 28.3 Å². The summed E-state index contributed by atoms with van der Waals surface area (Å²) >= 11 is 0.864. The maximum absolute atomic E-state index is 13.1. The molecule has 0 fully saturated rings. The third-order valence-electron chi connectivity index (χ3n) is 4.89. The average Bonchev–Trinajstić information content (AvgIpc) is 3.13. The molecule has 0 aliphatic rings. The smallest absolute Gasteiger partial charge is 0.259 e. The number of benzene rings is 1. The standard InChI is InChI=1S/C22H30N4O4S2/c1-12(2)15-7-14(10-23)8-16(13(3)4)17(15)9-19(28)26-32(24,30)21-25-18(11-27)20(31-21)22(5,6)29/h7-8,12-13,27,29H,9,11H2,1-6H3,(H2,24,26,28,30)/t32-/m0/s1. The third-order valence-corrected chi connectivity index (χ3v) is 8.13. The van der Waals surface area contributed by atoms with E-state index in [1.54, 1.807) is 12.1 Å². The number of amides is 1. The zero-order valence-electron chi connectivity index (χ0n) is 19.2. The molecular weight excluding hydrogens is 448 g/mol. The molecule has 1 aromatic heterocycles. The summed E-state index contributed by atoms with van der Waals surface area (Å²) in [7, 11) is -3.67. The quantitative estimate of drug-likeness (QED) is 0.555.